The molecule has 61 heavy (non-hydrogen) atoms. The fourth-order valence-electron chi connectivity index (χ4n) is 7.45. The molecule has 2 aromatic heterocycles. The highest BCUT2D eigenvalue weighted by atomic mass is 16.5. The molecule has 8 nitrogen and oxygen atoms in total. The molecule has 0 spiro atoms. The SMILES string of the molecule is C=C(C)C(=O)OCCCCC(CO)OC(CCOc1ccc2cc(-c3ccc(CCCCC)cc3)oc2c1)CCOc1ccc2cc(-c3ccc(CCCCC)cc3)oc2c1. The van der Waals surface area contributed by atoms with E-state index in [1.807, 2.05) is 36.4 Å². The number of aliphatic hydroxyl groups is 1. The standard InChI is InChI=1S/C53H64O8/c1-5-7-9-13-39-16-20-41(21-17-39)49-33-43-24-26-46(35-51(43)60-49)56-31-28-45(59-48(37-54)15-11-12-30-58-53(55)38(3)4)29-32-57-47-27-25-44-34-50(61-52(44)36-47)42-22-18-40(19-23-42)14-10-8-6-2/h16-27,33-36,45,48,54H,3,5-15,28-32,37H2,1-2,4H3. The lowest BCUT2D eigenvalue weighted by molar-refractivity contribution is -0.139. The number of rotatable bonds is 27. The van der Waals surface area contributed by atoms with Crippen LogP contribution in [0, 0.1) is 0 Å². The van der Waals surface area contributed by atoms with Crippen molar-refractivity contribution in [3.63, 3.8) is 0 Å². The fraction of sp³-hybridized carbons (Fsp3) is 0.415. The molecule has 1 atom stereocenters. The molecule has 324 valence electrons. The molecule has 6 rings (SSSR count). The number of carbonyl (C=O) groups excluding carboxylic acids is 1. The van der Waals surface area contributed by atoms with Gasteiger partial charge in [0, 0.05) is 52.4 Å². The molecule has 0 radical (unpaired) electrons. The van der Waals surface area contributed by atoms with Crippen LogP contribution in [0.3, 0.4) is 0 Å². The summed E-state index contributed by atoms with van der Waals surface area (Å²) in [5, 5.41) is 12.3. The van der Waals surface area contributed by atoms with Gasteiger partial charge in [0.1, 0.15) is 34.2 Å². The fourth-order valence-corrected chi connectivity index (χ4v) is 7.45. The van der Waals surface area contributed by atoms with E-state index in [9.17, 15) is 9.90 Å². The van der Waals surface area contributed by atoms with Crippen molar-refractivity contribution < 1.29 is 37.7 Å². The number of carbonyl (C=O) groups is 1. The van der Waals surface area contributed by atoms with E-state index in [1.54, 1.807) is 6.92 Å². The first-order valence-corrected chi connectivity index (χ1v) is 22.4. The van der Waals surface area contributed by atoms with Crippen LogP contribution >= 0.6 is 0 Å². The minimum Gasteiger partial charge on any atom is -0.493 e. The summed E-state index contributed by atoms with van der Waals surface area (Å²) in [7, 11) is 0. The summed E-state index contributed by atoms with van der Waals surface area (Å²) in [6.45, 7) is 10.7. The lowest BCUT2D eigenvalue weighted by Gasteiger charge is -2.24. The van der Waals surface area contributed by atoms with Crippen molar-refractivity contribution in [2.45, 2.75) is 116 Å². The Balaban J connectivity index is 1.05. The summed E-state index contributed by atoms with van der Waals surface area (Å²) in [4.78, 5) is 11.8. The lowest BCUT2D eigenvalue weighted by Crippen LogP contribution is -2.28. The third-order valence-corrected chi connectivity index (χ3v) is 11.1. The van der Waals surface area contributed by atoms with E-state index in [1.165, 1.54) is 49.7 Å². The zero-order valence-electron chi connectivity index (χ0n) is 36.4. The van der Waals surface area contributed by atoms with Crippen molar-refractivity contribution in [2.75, 3.05) is 26.4 Å². The van der Waals surface area contributed by atoms with Gasteiger partial charge in [0.15, 0.2) is 0 Å². The van der Waals surface area contributed by atoms with E-state index >= 15 is 0 Å². The van der Waals surface area contributed by atoms with Gasteiger partial charge in [-0.3, -0.25) is 0 Å². The van der Waals surface area contributed by atoms with E-state index in [0.717, 1.165) is 63.8 Å². The number of aryl methyl sites for hydroxylation is 2. The predicted octanol–water partition coefficient (Wildman–Crippen LogP) is 13.3. The molecule has 0 bridgehead atoms. The predicted molar refractivity (Wildman–Crippen MR) is 245 cm³/mol. The van der Waals surface area contributed by atoms with Crippen molar-refractivity contribution in [1.82, 2.24) is 0 Å². The number of hydrogen-bond donors (Lipinski definition) is 1. The van der Waals surface area contributed by atoms with Gasteiger partial charge in [0.05, 0.1) is 38.6 Å². The highest BCUT2D eigenvalue weighted by Crippen LogP contribution is 2.32. The summed E-state index contributed by atoms with van der Waals surface area (Å²) >= 11 is 0. The molecule has 0 fully saturated rings. The molecule has 6 aromatic rings. The Bertz CT molecular complexity index is 2110. The quantitative estimate of drug-likeness (QED) is 0.0311. The molecule has 0 saturated carbocycles. The number of furan rings is 2. The number of aliphatic hydroxyl groups excluding tert-OH is 1. The van der Waals surface area contributed by atoms with Gasteiger partial charge in [-0.25, -0.2) is 4.79 Å². The van der Waals surface area contributed by atoms with Gasteiger partial charge in [-0.2, -0.15) is 0 Å². The number of benzene rings is 4. The summed E-state index contributed by atoms with van der Waals surface area (Å²) < 4.78 is 36.8. The van der Waals surface area contributed by atoms with Gasteiger partial charge in [0.2, 0.25) is 0 Å². The van der Waals surface area contributed by atoms with Crippen LogP contribution in [0.2, 0.25) is 0 Å². The molecule has 8 heteroatoms. The average Bonchev–Trinajstić information content (AvgIpc) is 3.90. The maximum absolute atomic E-state index is 11.8. The molecule has 0 saturated heterocycles. The summed E-state index contributed by atoms with van der Waals surface area (Å²) in [6, 6.07) is 33.3. The van der Waals surface area contributed by atoms with Crippen LogP contribution in [0.25, 0.3) is 44.6 Å². The zero-order valence-corrected chi connectivity index (χ0v) is 36.4. The summed E-state index contributed by atoms with van der Waals surface area (Å²) in [5.74, 6) is 2.70. The third kappa shape index (κ3) is 13.9. The summed E-state index contributed by atoms with van der Waals surface area (Å²) in [6.07, 6.45) is 12.1. The second-order valence-corrected chi connectivity index (χ2v) is 16.2. The Morgan fingerprint density at radius 2 is 1.11 bits per heavy atom. The third-order valence-electron chi connectivity index (χ3n) is 11.1. The Hall–Kier alpha value is -5.31. The van der Waals surface area contributed by atoms with Gasteiger partial charge in [0.25, 0.3) is 0 Å². The smallest absolute Gasteiger partial charge is 0.333 e. The van der Waals surface area contributed by atoms with Gasteiger partial charge in [-0.05, 0) is 99.4 Å². The van der Waals surface area contributed by atoms with E-state index in [0.29, 0.717) is 62.6 Å². The lowest BCUT2D eigenvalue weighted by atomic mass is 10.0. The first-order chi connectivity index (χ1) is 29.8. The minimum atomic E-state index is -0.390. The Morgan fingerprint density at radius 3 is 1.57 bits per heavy atom. The number of ether oxygens (including phenoxy) is 4. The topological polar surface area (TPSA) is 101 Å². The van der Waals surface area contributed by atoms with Crippen molar-refractivity contribution in [2.24, 2.45) is 0 Å². The van der Waals surface area contributed by atoms with Crippen LogP contribution in [-0.4, -0.2) is 49.7 Å². The molecule has 1 unspecified atom stereocenters. The highest BCUT2D eigenvalue weighted by Gasteiger charge is 2.18. The molecular weight excluding hydrogens is 765 g/mol. The number of fused-ring (bicyclic) bond motifs is 2. The molecule has 0 aliphatic heterocycles. The molecule has 0 aliphatic rings. The van der Waals surface area contributed by atoms with Crippen LogP contribution in [0.1, 0.15) is 103 Å². The minimum absolute atomic E-state index is 0.123. The van der Waals surface area contributed by atoms with Crippen molar-refractivity contribution >= 4 is 27.9 Å². The molecule has 0 amide bonds. The average molecular weight is 829 g/mol. The maximum Gasteiger partial charge on any atom is 0.333 e. The Kier molecular flexibility index (Phi) is 17.5. The zero-order chi connectivity index (χ0) is 42.8. The van der Waals surface area contributed by atoms with E-state index < -0.39 is 0 Å². The molecule has 0 aliphatic carbocycles. The van der Waals surface area contributed by atoms with Crippen LogP contribution in [0.15, 0.2) is 118 Å². The van der Waals surface area contributed by atoms with Gasteiger partial charge < -0.3 is 32.9 Å². The highest BCUT2D eigenvalue weighted by molar-refractivity contribution is 5.87. The van der Waals surface area contributed by atoms with E-state index in [4.69, 9.17) is 27.8 Å². The van der Waals surface area contributed by atoms with Crippen molar-refractivity contribution in [3.05, 3.63) is 120 Å². The Morgan fingerprint density at radius 1 is 0.607 bits per heavy atom. The Labute approximate surface area is 361 Å². The molecule has 1 N–H and O–H groups in total. The largest absolute Gasteiger partial charge is 0.493 e. The van der Waals surface area contributed by atoms with Crippen LogP contribution in [0.4, 0.5) is 0 Å². The first kappa shape index (κ1) is 45.2. The van der Waals surface area contributed by atoms with Crippen LogP contribution < -0.4 is 9.47 Å². The molecule has 2 heterocycles. The first-order valence-electron chi connectivity index (χ1n) is 22.4. The maximum atomic E-state index is 11.8. The summed E-state index contributed by atoms with van der Waals surface area (Å²) in [5.41, 5.74) is 6.73. The van der Waals surface area contributed by atoms with E-state index in [2.05, 4.69) is 81.1 Å². The van der Waals surface area contributed by atoms with Gasteiger partial charge in [-0.1, -0.05) is 94.6 Å². The molecule has 4 aromatic carbocycles. The van der Waals surface area contributed by atoms with Crippen molar-refractivity contribution in [1.29, 1.82) is 0 Å². The van der Waals surface area contributed by atoms with Gasteiger partial charge in [-0.15, -0.1) is 0 Å². The monoisotopic (exact) mass is 828 g/mol. The number of unbranched alkanes of at least 4 members (excludes halogenated alkanes) is 5. The number of hydrogen-bond acceptors (Lipinski definition) is 8. The number of esters is 1. The normalized spacial score (nSPS) is 12.0. The van der Waals surface area contributed by atoms with E-state index in [-0.39, 0.29) is 24.8 Å². The second-order valence-electron chi connectivity index (χ2n) is 16.2. The molecular formula is C53H64O8. The van der Waals surface area contributed by atoms with Crippen LogP contribution in [0.5, 0.6) is 11.5 Å². The van der Waals surface area contributed by atoms with Crippen molar-refractivity contribution in [3.8, 4) is 34.1 Å². The van der Waals surface area contributed by atoms with Crippen LogP contribution in [-0.2, 0) is 27.1 Å². The van der Waals surface area contributed by atoms with Gasteiger partial charge >= 0.3 is 5.97 Å². The second kappa shape index (κ2) is 23.6.